The van der Waals surface area contributed by atoms with Crippen molar-refractivity contribution in [3.8, 4) is 22.6 Å². The van der Waals surface area contributed by atoms with Crippen molar-refractivity contribution in [1.82, 2.24) is 0 Å². The Kier molecular flexibility index (Phi) is 6.60. The molecule has 0 amide bonds. The number of hydrogen-bond donors (Lipinski definition) is 0. The lowest BCUT2D eigenvalue weighted by atomic mass is 9.82. The highest BCUT2D eigenvalue weighted by Crippen LogP contribution is 2.54. The molecule has 1 aliphatic heterocycles. The van der Waals surface area contributed by atoms with Crippen LogP contribution in [-0.2, 0) is 5.41 Å². The minimum Gasteiger partial charge on any atom is -0.453 e. The van der Waals surface area contributed by atoms with Crippen molar-refractivity contribution in [3.63, 3.8) is 0 Å². The van der Waals surface area contributed by atoms with E-state index >= 15 is 0 Å². The predicted molar refractivity (Wildman–Crippen MR) is 226 cm³/mol. The van der Waals surface area contributed by atoms with Gasteiger partial charge in [-0.3, -0.25) is 0 Å². The van der Waals surface area contributed by atoms with Crippen LogP contribution in [0.15, 0.2) is 182 Å². The van der Waals surface area contributed by atoms with Crippen LogP contribution < -0.4 is 14.5 Å². The van der Waals surface area contributed by atoms with Gasteiger partial charge in [0.15, 0.2) is 11.5 Å². The molecular weight excluding hydrogens is 657 g/mol. The van der Waals surface area contributed by atoms with Crippen molar-refractivity contribution in [1.29, 1.82) is 0 Å². The van der Waals surface area contributed by atoms with Gasteiger partial charge in [-0.2, -0.15) is 0 Å². The number of anilines is 6. The van der Waals surface area contributed by atoms with Crippen molar-refractivity contribution in [3.05, 3.63) is 193 Å². The molecule has 2 aliphatic rings. The summed E-state index contributed by atoms with van der Waals surface area (Å²) in [4.78, 5) is 4.70. The molecule has 1 heterocycles. The first-order valence-corrected chi connectivity index (χ1v) is 18.7. The number of hydrogen-bond acceptors (Lipinski definition) is 3. The molecule has 9 aromatic rings. The maximum atomic E-state index is 6.75. The van der Waals surface area contributed by atoms with E-state index in [1.54, 1.807) is 0 Å². The molecule has 0 aromatic heterocycles. The Morgan fingerprint density at radius 3 is 1.72 bits per heavy atom. The smallest absolute Gasteiger partial charge is 0.153 e. The van der Waals surface area contributed by atoms with E-state index in [0.29, 0.717) is 0 Å². The van der Waals surface area contributed by atoms with E-state index in [2.05, 4.69) is 200 Å². The van der Waals surface area contributed by atoms with Gasteiger partial charge in [-0.1, -0.05) is 129 Å². The normalized spacial score (nSPS) is 13.6. The van der Waals surface area contributed by atoms with Crippen LogP contribution in [-0.4, -0.2) is 0 Å². The third-order valence-corrected chi connectivity index (χ3v) is 11.6. The van der Waals surface area contributed by atoms with Gasteiger partial charge in [-0.15, -0.1) is 0 Å². The van der Waals surface area contributed by atoms with Gasteiger partial charge in [0, 0.05) is 34.2 Å². The monoisotopic (exact) mass is 692 g/mol. The summed E-state index contributed by atoms with van der Waals surface area (Å²) >= 11 is 0. The molecule has 0 atom stereocenters. The highest BCUT2D eigenvalue weighted by molar-refractivity contribution is 6.25. The van der Waals surface area contributed by atoms with Crippen molar-refractivity contribution in [2.75, 3.05) is 9.80 Å². The number of fused-ring (bicyclic) bond motifs is 11. The van der Waals surface area contributed by atoms with Gasteiger partial charge in [0.2, 0.25) is 0 Å². The molecule has 11 rings (SSSR count). The molecule has 0 saturated carbocycles. The molecule has 9 aromatic carbocycles. The molecule has 0 saturated heterocycles. The molecule has 3 heteroatoms. The molecule has 1 aliphatic carbocycles. The average Bonchev–Trinajstić information content (AvgIpc) is 3.45. The molecule has 0 radical (unpaired) electrons. The lowest BCUT2D eigenvalue weighted by Crippen LogP contribution is -2.18. The maximum Gasteiger partial charge on any atom is 0.153 e. The van der Waals surface area contributed by atoms with Crippen molar-refractivity contribution in [2.45, 2.75) is 19.3 Å². The van der Waals surface area contributed by atoms with E-state index in [4.69, 9.17) is 4.74 Å². The molecule has 0 bridgehead atoms. The number of para-hydroxylation sites is 3. The fourth-order valence-electron chi connectivity index (χ4n) is 9.05. The van der Waals surface area contributed by atoms with Gasteiger partial charge < -0.3 is 14.5 Å². The second kappa shape index (κ2) is 11.6. The predicted octanol–water partition coefficient (Wildman–Crippen LogP) is 14.5. The quantitative estimate of drug-likeness (QED) is 0.171. The largest absolute Gasteiger partial charge is 0.453 e. The second-order valence-corrected chi connectivity index (χ2v) is 14.9. The van der Waals surface area contributed by atoms with Crippen LogP contribution in [0.1, 0.15) is 25.0 Å². The molecule has 256 valence electrons. The zero-order chi connectivity index (χ0) is 36.0. The van der Waals surface area contributed by atoms with Gasteiger partial charge in [0.05, 0.1) is 11.4 Å². The van der Waals surface area contributed by atoms with Crippen LogP contribution in [0.5, 0.6) is 11.5 Å². The Balaban J connectivity index is 1.15. The Morgan fingerprint density at radius 2 is 0.944 bits per heavy atom. The summed E-state index contributed by atoms with van der Waals surface area (Å²) in [6.45, 7) is 4.70. The number of nitrogens with zero attached hydrogens (tertiary/aromatic N) is 2. The highest BCUT2D eigenvalue weighted by atomic mass is 16.5. The summed E-state index contributed by atoms with van der Waals surface area (Å²) < 4.78 is 6.75. The van der Waals surface area contributed by atoms with Crippen LogP contribution in [0.2, 0.25) is 0 Å². The third kappa shape index (κ3) is 4.48. The molecule has 0 spiro atoms. The maximum absolute atomic E-state index is 6.75. The van der Waals surface area contributed by atoms with Gasteiger partial charge >= 0.3 is 0 Å². The molecule has 0 fully saturated rings. The zero-order valence-electron chi connectivity index (χ0n) is 30.1. The second-order valence-electron chi connectivity index (χ2n) is 14.9. The molecule has 0 N–H and O–H groups in total. The van der Waals surface area contributed by atoms with Gasteiger partial charge in [0.25, 0.3) is 0 Å². The summed E-state index contributed by atoms with van der Waals surface area (Å²) in [7, 11) is 0. The Morgan fingerprint density at radius 1 is 0.407 bits per heavy atom. The summed E-state index contributed by atoms with van der Waals surface area (Å²) in [6, 6.07) is 65.9. The third-order valence-electron chi connectivity index (χ3n) is 11.6. The van der Waals surface area contributed by atoms with Gasteiger partial charge in [-0.05, 0) is 115 Å². The molecule has 54 heavy (non-hydrogen) atoms. The minimum absolute atomic E-state index is 0.134. The zero-order valence-corrected chi connectivity index (χ0v) is 30.1. The number of ether oxygens (including phenoxy) is 1. The first-order valence-electron chi connectivity index (χ1n) is 18.7. The van der Waals surface area contributed by atoms with E-state index in [1.807, 2.05) is 6.07 Å². The summed E-state index contributed by atoms with van der Waals surface area (Å²) in [5, 5.41) is 7.55. The van der Waals surface area contributed by atoms with E-state index in [0.717, 1.165) is 45.6 Å². The highest BCUT2D eigenvalue weighted by Gasteiger charge is 2.36. The van der Waals surface area contributed by atoms with Crippen molar-refractivity contribution < 1.29 is 4.74 Å². The van der Waals surface area contributed by atoms with E-state index in [9.17, 15) is 0 Å². The first kappa shape index (κ1) is 30.8. The van der Waals surface area contributed by atoms with Crippen LogP contribution in [0.3, 0.4) is 0 Å². The SMILES string of the molecule is CC1(C)c2ccccc2-c2ccc(N(c3ccc4c(c3)Oc3ccccc3N4c3ccccc3)c3ccc4c5ccccc5c5ccccc5c4c3)cc21. The Hall–Kier alpha value is -6.84. The summed E-state index contributed by atoms with van der Waals surface area (Å²) in [6.07, 6.45) is 0. The standard InChI is InChI=1S/C51H36N2O/c1-51(2)45-21-11-10-20-42(45)43-28-25-35(31-46(43)51)52(34-24-27-41-39-18-7-6-16-37(39)38-17-8-9-19-40(38)44(41)30-34)36-26-29-48-50(32-36)54-49-23-13-12-22-47(49)53(48)33-14-4-3-5-15-33/h3-32H,1-2H3. The van der Waals surface area contributed by atoms with E-state index in [1.165, 1.54) is 54.6 Å². The lowest BCUT2D eigenvalue weighted by molar-refractivity contribution is 0.477. The Bertz CT molecular complexity index is 2930. The summed E-state index contributed by atoms with van der Waals surface area (Å²) in [5.41, 5.74) is 11.5. The first-order chi connectivity index (χ1) is 26.5. The topological polar surface area (TPSA) is 15.7 Å². The van der Waals surface area contributed by atoms with E-state index < -0.39 is 0 Å². The Labute approximate surface area is 314 Å². The lowest BCUT2D eigenvalue weighted by Gasteiger charge is -2.34. The van der Waals surface area contributed by atoms with Crippen LogP contribution in [0.4, 0.5) is 34.1 Å². The molecule has 0 unspecified atom stereocenters. The summed E-state index contributed by atoms with van der Waals surface area (Å²) in [5.74, 6) is 1.64. The van der Waals surface area contributed by atoms with Crippen LogP contribution in [0, 0.1) is 0 Å². The van der Waals surface area contributed by atoms with Crippen LogP contribution in [0.25, 0.3) is 43.4 Å². The van der Waals surface area contributed by atoms with Crippen molar-refractivity contribution >= 4 is 66.4 Å². The van der Waals surface area contributed by atoms with E-state index in [-0.39, 0.29) is 5.41 Å². The fraction of sp³-hybridized carbons (Fsp3) is 0.0588. The van der Waals surface area contributed by atoms with Gasteiger partial charge in [0.1, 0.15) is 0 Å². The number of benzene rings is 9. The van der Waals surface area contributed by atoms with Crippen molar-refractivity contribution in [2.24, 2.45) is 0 Å². The molecule has 3 nitrogen and oxygen atoms in total. The number of rotatable bonds is 4. The minimum atomic E-state index is -0.134. The molecular formula is C51H36N2O. The van der Waals surface area contributed by atoms with Crippen LogP contribution >= 0.6 is 0 Å². The fourth-order valence-corrected chi connectivity index (χ4v) is 9.05. The van der Waals surface area contributed by atoms with Gasteiger partial charge in [-0.25, -0.2) is 0 Å². The average molecular weight is 693 g/mol.